The van der Waals surface area contributed by atoms with Crippen LogP contribution in [0.1, 0.15) is 0 Å². The van der Waals surface area contributed by atoms with Gasteiger partial charge in [-0.05, 0) is 122 Å². The summed E-state index contributed by atoms with van der Waals surface area (Å²) in [5, 5.41) is 10.0. The maximum Gasteiger partial charge on any atom is -0.00262 e. The molecule has 0 aromatic heterocycles. The lowest BCUT2D eigenvalue weighted by molar-refractivity contribution is 1.59. The van der Waals surface area contributed by atoms with Crippen molar-refractivity contribution in [2.45, 2.75) is 0 Å². The Bertz CT molecular complexity index is 3040. The van der Waals surface area contributed by atoms with Crippen LogP contribution in [0.2, 0.25) is 0 Å². The van der Waals surface area contributed by atoms with Gasteiger partial charge in [0.1, 0.15) is 0 Å². The number of benzene rings is 11. The van der Waals surface area contributed by atoms with Crippen molar-refractivity contribution in [1.29, 1.82) is 0 Å². The fraction of sp³-hybridized carbons (Fsp3) is 0. The van der Waals surface area contributed by atoms with Crippen LogP contribution < -0.4 is 0 Å². The van der Waals surface area contributed by atoms with E-state index in [9.17, 15) is 0 Å². The Kier molecular flexibility index (Phi) is 8.26. The second-order valence-electron chi connectivity index (χ2n) is 15.2. The van der Waals surface area contributed by atoms with Crippen LogP contribution in [0.25, 0.3) is 110 Å². The second-order valence-corrected chi connectivity index (χ2v) is 15.2. The van der Waals surface area contributed by atoms with Gasteiger partial charge in [0.15, 0.2) is 0 Å². The zero-order chi connectivity index (χ0) is 38.4. The lowest BCUT2D eigenvalue weighted by atomic mass is 9.84. The molecule has 0 radical (unpaired) electrons. The second kappa shape index (κ2) is 14.2. The molecule has 0 nitrogen and oxygen atoms in total. The predicted octanol–water partition coefficient (Wildman–Crippen LogP) is 16.3. The van der Waals surface area contributed by atoms with Gasteiger partial charge in [-0.1, -0.05) is 218 Å². The van der Waals surface area contributed by atoms with E-state index in [2.05, 4.69) is 231 Å². The predicted molar refractivity (Wildman–Crippen MR) is 249 cm³/mol. The van der Waals surface area contributed by atoms with Crippen molar-refractivity contribution < 1.29 is 0 Å². The molecule has 0 aliphatic heterocycles. The van der Waals surface area contributed by atoms with Gasteiger partial charge in [0.05, 0.1) is 0 Å². The van der Waals surface area contributed by atoms with E-state index in [0.717, 1.165) is 0 Å². The first-order valence-electron chi connectivity index (χ1n) is 20.1. The van der Waals surface area contributed by atoms with Crippen LogP contribution in [-0.2, 0) is 0 Å². The third kappa shape index (κ3) is 5.69. The van der Waals surface area contributed by atoms with Crippen molar-refractivity contribution in [2.24, 2.45) is 0 Å². The van der Waals surface area contributed by atoms with Crippen molar-refractivity contribution in [3.05, 3.63) is 231 Å². The van der Waals surface area contributed by atoms with Gasteiger partial charge < -0.3 is 0 Å². The van der Waals surface area contributed by atoms with E-state index in [4.69, 9.17) is 0 Å². The fourth-order valence-electron chi connectivity index (χ4n) is 9.29. The van der Waals surface area contributed by atoms with Crippen LogP contribution >= 0.6 is 0 Å². The third-order valence-electron chi connectivity index (χ3n) is 11.8. The molecule has 0 N–H and O–H groups in total. The molecule has 11 aromatic rings. The molecule has 0 bridgehead atoms. The van der Waals surface area contributed by atoms with Crippen molar-refractivity contribution >= 4 is 43.1 Å². The topological polar surface area (TPSA) is 0 Å². The number of hydrogen-bond donors (Lipinski definition) is 0. The average Bonchev–Trinajstić information content (AvgIpc) is 3.30. The van der Waals surface area contributed by atoms with Crippen molar-refractivity contribution in [3.8, 4) is 66.8 Å². The minimum Gasteiger partial charge on any atom is -0.0622 e. The summed E-state index contributed by atoms with van der Waals surface area (Å²) in [6.45, 7) is 0. The fourth-order valence-corrected chi connectivity index (χ4v) is 9.29. The van der Waals surface area contributed by atoms with Gasteiger partial charge in [-0.15, -0.1) is 0 Å². The van der Waals surface area contributed by atoms with Crippen LogP contribution in [0.15, 0.2) is 231 Å². The molecule has 11 rings (SSSR count). The number of fused-ring (bicyclic) bond motifs is 4. The van der Waals surface area contributed by atoms with E-state index in [0.29, 0.717) is 0 Å². The summed E-state index contributed by atoms with van der Waals surface area (Å²) in [5.74, 6) is 0. The van der Waals surface area contributed by atoms with Crippen LogP contribution in [0.5, 0.6) is 0 Å². The lowest BCUT2D eigenvalue weighted by Crippen LogP contribution is -1.93. The maximum absolute atomic E-state index is 2.40. The van der Waals surface area contributed by atoms with Crippen LogP contribution in [-0.4, -0.2) is 0 Å². The summed E-state index contributed by atoms with van der Waals surface area (Å²) in [7, 11) is 0. The Balaban J connectivity index is 1.12. The molecule has 0 spiro atoms. The van der Waals surface area contributed by atoms with E-state index in [-0.39, 0.29) is 0 Å². The van der Waals surface area contributed by atoms with E-state index in [1.807, 2.05) is 0 Å². The SMILES string of the molecule is c1ccc(-c2c(-c3cccc(-c4c5ccccc5c(-c5cccc(-c6ccc7ccccc7c6-c6ccccc6)c5)c5ccccc45)c3)ccc3ccccc23)cc1. The highest BCUT2D eigenvalue weighted by atomic mass is 14.2. The van der Waals surface area contributed by atoms with Gasteiger partial charge in [0.25, 0.3) is 0 Å². The first kappa shape index (κ1) is 33.8. The van der Waals surface area contributed by atoms with Crippen LogP contribution in [0, 0.1) is 0 Å². The van der Waals surface area contributed by atoms with Crippen LogP contribution in [0.4, 0.5) is 0 Å². The van der Waals surface area contributed by atoms with Gasteiger partial charge in [-0.2, -0.15) is 0 Å². The van der Waals surface area contributed by atoms with E-state index >= 15 is 0 Å². The number of rotatable bonds is 6. The largest absolute Gasteiger partial charge is 0.0622 e. The van der Waals surface area contributed by atoms with Gasteiger partial charge in [-0.25, -0.2) is 0 Å². The lowest BCUT2D eigenvalue weighted by Gasteiger charge is -2.20. The normalized spacial score (nSPS) is 11.4. The van der Waals surface area contributed by atoms with Crippen molar-refractivity contribution in [2.75, 3.05) is 0 Å². The molecule has 0 unspecified atom stereocenters. The summed E-state index contributed by atoms with van der Waals surface area (Å²) in [6, 6.07) is 84.5. The Morgan fingerprint density at radius 2 is 0.483 bits per heavy atom. The smallest absolute Gasteiger partial charge is 0.00262 e. The number of hydrogen-bond acceptors (Lipinski definition) is 0. The van der Waals surface area contributed by atoms with Gasteiger partial charge in [0.2, 0.25) is 0 Å². The Labute approximate surface area is 339 Å². The average molecular weight is 735 g/mol. The maximum atomic E-state index is 2.40. The summed E-state index contributed by atoms with van der Waals surface area (Å²) < 4.78 is 0. The first-order chi connectivity index (χ1) is 28.8. The standard InChI is InChI=1S/C58H38/c1-3-19-41(20-4-1)55-47-27-9-7-17-39(47)33-35-49(55)43-23-15-25-45(37-43)57-51-29-11-13-31-53(51)58(54-32-14-12-30-52(54)57)46-26-16-24-44(38-46)50-36-34-40-18-8-10-28-48(40)56(50)42-21-5-2-6-22-42/h1-38H. The molecule has 0 aliphatic rings. The summed E-state index contributed by atoms with van der Waals surface area (Å²) >= 11 is 0. The molecular formula is C58H38. The Morgan fingerprint density at radius 3 is 0.879 bits per heavy atom. The van der Waals surface area contributed by atoms with Crippen molar-refractivity contribution in [1.82, 2.24) is 0 Å². The molecule has 0 aliphatic carbocycles. The molecule has 0 amide bonds. The minimum atomic E-state index is 1.21. The molecule has 58 heavy (non-hydrogen) atoms. The molecule has 0 fully saturated rings. The highest BCUT2D eigenvalue weighted by Gasteiger charge is 2.19. The Morgan fingerprint density at radius 1 is 0.172 bits per heavy atom. The zero-order valence-corrected chi connectivity index (χ0v) is 31.9. The molecule has 11 aromatic carbocycles. The highest BCUT2D eigenvalue weighted by molar-refractivity contribution is 6.22. The van der Waals surface area contributed by atoms with E-state index < -0.39 is 0 Å². The molecular weight excluding hydrogens is 697 g/mol. The molecule has 0 saturated heterocycles. The molecule has 0 saturated carbocycles. The minimum absolute atomic E-state index is 1.21. The van der Waals surface area contributed by atoms with Gasteiger partial charge >= 0.3 is 0 Å². The summed E-state index contributed by atoms with van der Waals surface area (Å²) in [5.41, 5.74) is 14.8. The summed E-state index contributed by atoms with van der Waals surface area (Å²) in [6.07, 6.45) is 0. The molecule has 0 heterocycles. The zero-order valence-electron chi connectivity index (χ0n) is 31.9. The monoisotopic (exact) mass is 734 g/mol. The highest BCUT2D eigenvalue weighted by Crippen LogP contribution is 2.47. The van der Waals surface area contributed by atoms with Gasteiger partial charge in [0, 0.05) is 0 Å². The summed E-state index contributed by atoms with van der Waals surface area (Å²) in [4.78, 5) is 0. The van der Waals surface area contributed by atoms with E-state index in [1.54, 1.807) is 0 Å². The Hall–Kier alpha value is -7.54. The first-order valence-corrected chi connectivity index (χ1v) is 20.1. The molecule has 270 valence electrons. The van der Waals surface area contributed by atoms with Crippen molar-refractivity contribution in [3.63, 3.8) is 0 Å². The molecule has 0 atom stereocenters. The van der Waals surface area contributed by atoms with Crippen LogP contribution in [0.3, 0.4) is 0 Å². The quantitative estimate of drug-likeness (QED) is 0.149. The van der Waals surface area contributed by atoms with E-state index in [1.165, 1.54) is 110 Å². The van der Waals surface area contributed by atoms with Gasteiger partial charge in [-0.3, -0.25) is 0 Å². The third-order valence-corrected chi connectivity index (χ3v) is 11.8. The molecule has 0 heteroatoms.